The van der Waals surface area contributed by atoms with Crippen molar-refractivity contribution in [2.75, 3.05) is 18.6 Å². The van der Waals surface area contributed by atoms with Crippen LogP contribution in [0.3, 0.4) is 0 Å². The molecular weight excluding hydrogens is 247 g/mol. The van der Waals surface area contributed by atoms with Gasteiger partial charge in [-0.05, 0) is 24.5 Å². The summed E-state index contributed by atoms with van der Waals surface area (Å²) in [5, 5.41) is 0. The number of carbonyl (C=O) groups is 1. The van der Waals surface area contributed by atoms with Gasteiger partial charge in [0.1, 0.15) is 5.75 Å². The molecule has 0 spiro atoms. The van der Waals surface area contributed by atoms with Gasteiger partial charge in [-0.15, -0.1) is 0 Å². The Balaban J connectivity index is 2.47. The molecule has 1 heterocycles. The number of halogens is 3. The van der Waals surface area contributed by atoms with Crippen LogP contribution >= 0.6 is 0 Å². The van der Waals surface area contributed by atoms with Gasteiger partial charge in [-0.3, -0.25) is 4.79 Å². The Bertz CT molecular complexity index is 457. The van der Waals surface area contributed by atoms with Crippen LogP contribution in [0.15, 0.2) is 18.2 Å². The molecule has 1 aromatic rings. The van der Waals surface area contributed by atoms with E-state index in [2.05, 4.69) is 0 Å². The van der Waals surface area contributed by atoms with E-state index in [-0.39, 0.29) is 12.2 Å². The largest absolute Gasteiger partial charge is 0.495 e. The minimum atomic E-state index is -4.87. The number of aryl methyl sites for hydroxylation is 1. The maximum Gasteiger partial charge on any atom is 0.471 e. The van der Waals surface area contributed by atoms with E-state index in [9.17, 15) is 18.0 Å². The van der Waals surface area contributed by atoms with Gasteiger partial charge in [0.05, 0.1) is 12.8 Å². The van der Waals surface area contributed by atoms with Crippen LogP contribution in [-0.4, -0.2) is 25.7 Å². The smallest absolute Gasteiger partial charge is 0.471 e. The molecule has 1 aromatic carbocycles. The lowest BCUT2D eigenvalue weighted by Crippen LogP contribution is -2.44. The van der Waals surface area contributed by atoms with Gasteiger partial charge >= 0.3 is 12.1 Å². The first-order chi connectivity index (χ1) is 8.45. The van der Waals surface area contributed by atoms with Gasteiger partial charge in [-0.1, -0.05) is 12.1 Å². The molecule has 0 atom stereocenters. The minimum Gasteiger partial charge on any atom is -0.495 e. The molecule has 98 valence electrons. The molecule has 6 heteroatoms. The zero-order chi connectivity index (χ0) is 13.3. The van der Waals surface area contributed by atoms with E-state index in [1.165, 1.54) is 7.11 Å². The zero-order valence-corrected chi connectivity index (χ0v) is 9.75. The number of benzene rings is 1. The first-order valence-corrected chi connectivity index (χ1v) is 5.49. The zero-order valence-electron chi connectivity index (χ0n) is 9.75. The maximum absolute atomic E-state index is 12.5. The number of fused-ring (bicyclic) bond motifs is 1. The average molecular weight is 259 g/mol. The van der Waals surface area contributed by atoms with Crippen molar-refractivity contribution in [1.82, 2.24) is 0 Å². The van der Waals surface area contributed by atoms with Gasteiger partial charge < -0.3 is 9.64 Å². The lowest BCUT2D eigenvalue weighted by atomic mass is 10.0. The lowest BCUT2D eigenvalue weighted by molar-refractivity contribution is -0.170. The fourth-order valence-corrected chi connectivity index (χ4v) is 2.14. The number of carbonyl (C=O) groups excluding carboxylic acids is 1. The Kier molecular flexibility index (Phi) is 3.19. The monoisotopic (exact) mass is 259 g/mol. The Labute approximate surface area is 102 Å². The molecule has 0 saturated heterocycles. The van der Waals surface area contributed by atoms with Crippen LogP contribution in [-0.2, 0) is 11.2 Å². The number of amides is 1. The van der Waals surface area contributed by atoms with E-state index in [0.29, 0.717) is 24.2 Å². The molecule has 0 aliphatic carbocycles. The Hall–Kier alpha value is -1.72. The number of rotatable bonds is 1. The highest BCUT2D eigenvalue weighted by atomic mass is 19.4. The van der Waals surface area contributed by atoms with Gasteiger partial charge in [0.2, 0.25) is 0 Å². The molecule has 1 aliphatic rings. The van der Waals surface area contributed by atoms with Crippen LogP contribution in [0.1, 0.15) is 12.0 Å². The third-order valence-corrected chi connectivity index (χ3v) is 2.89. The highest BCUT2D eigenvalue weighted by molar-refractivity contribution is 5.99. The molecule has 0 saturated carbocycles. The Morgan fingerprint density at radius 1 is 1.39 bits per heavy atom. The summed E-state index contributed by atoms with van der Waals surface area (Å²) in [4.78, 5) is 12.2. The third-order valence-electron chi connectivity index (χ3n) is 2.89. The summed E-state index contributed by atoms with van der Waals surface area (Å²) < 4.78 is 42.6. The van der Waals surface area contributed by atoms with E-state index in [4.69, 9.17) is 4.74 Å². The number of anilines is 1. The summed E-state index contributed by atoms with van der Waals surface area (Å²) in [6.07, 6.45) is -3.70. The average Bonchev–Trinajstić information content (AvgIpc) is 2.35. The second-order valence-electron chi connectivity index (χ2n) is 4.03. The van der Waals surface area contributed by atoms with Gasteiger partial charge in [0, 0.05) is 6.54 Å². The number of para-hydroxylation sites is 1. The Morgan fingerprint density at radius 2 is 2.11 bits per heavy atom. The predicted molar refractivity (Wildman–Crippen MR) is 59.7 cm³/mol. The summed E-state index contributed by atoms with van der Waals surface area (Å²) in [5.41, 5.74) is 0.951. The van der Waals surface area contributed by atoms with E-state index >= 15 is 0 Å². The second-order valence-corrected chi connectivity index (χ2v) is 4.03. The van der Waals surface area contributed by atoms with Gasteiger partial charge in [0.15, 0.2) is 0 Å². The fourth-order valence-electron chi connectivity index (χ4n) is 2.14. The van der Waals surface area contributed by atoms with Crippen LogP contribution in [0, 0.1) is 0 Å². The van der Waals surface area contributed by atoms with Crippen LogP contribution < -0.4 is 9.64 Å². The van der Waals surface area contributed by atoms with Crippen molar-refractivity contribution in [1.29, 1.82) is 0 Å². The van der Waals surface area contributed by atoms with Crippen molar-refractivity contribution in [3.05, 3.63) is 23.8 Å². The predicted octanol–water partition coefficient (Wildman–Crippen LogP) is 2.54. The SMILES string of the molecule is COc1cccc2c1N(C(=O)C(F)(F)F)CCC2. The molecule has 2 rings (SSSR count). The number of alkyl halides is 3. The lowest BCUT2D eigenvalue weighted by Gasteiger charge is -2.31. The molecule has 0 fully saturated rings. The molecule has 0 radical (unpaired) electrons. The highest BCUT2D eigenvalue weighted by Crippen LogP contribution is 2.38. The van der Waals surface area contributed by atoms with Crippen LogP contribution in [0.4, 0.5) is 18.9 Å². The van der Waals surface area contributed by atoms with Crippen LogP contribution in [0.5, 0.6) is 5.75 Å². The number of hydrogen-bond acceptors (Lipinski definition) is 2. The topological polar surface area (TPSA) is 29.5 Å². The summed E-state index contributed by atoms with van der Waals surface area (Å²) in [6, 6.07) is 4.98. The van der Waals surface area contributed by atoms with Crippen molar-refractivity contribution in [2.45, 2.75) is 19.0 Å². The molecule has 1 amide bonds. The second kappa shape index (κ2) is 4.51. The molecule has 0 unspecified atom stereocenters. The first kappa shape index (κ1) is 12.7. The summed E-state index contributed by atoms with van der Waals surface area (Å²) in [5.74, 6) is -1.54. The first-order valence-electron chi connectivity index (χ1n) is 5.49. The number of hydrogen-bond donors (Lipinski definition) is 0. The standard InChI is InChI=1S/C12H12F3NO2/c1-18-9-6-2-4-8-5-3-7-16(10(8)9)11(17)12(13,14)15/h2,4,6H,3,5,7H2,1H3. The van der Waals surface area contributed by atoms with Crippen LogP contribution in [0.25, 0.3) is 0 Å². The van der Waals surface area contributed by atoms with Crippen molar-refractivity contribution >= 4 is 11.6 Å². The Morgan fingerprint density at radius 3 is 2.72 bits per heavy atom. The number of methoxy groups -OCH3 is 1. The van der Waals surface area contributed by atoms with Crippen molar-refractivity contribution in [3.63, 3.8) is 0 Å². The summed E-state index contributed by atoms with van der Waals surface area (Å²) >= 11 is 0. The maximum atomic E-state index is 12.5. The van der Waals surface area contributed by atoms with Gasteiger partial charge in [-0.25, -0.2) is 0 Å². The van der Waals surface area contributed by atoms with Gasteiger partial charge in [-0.2, -0.15) is 13.2 Å². The van der Waals surface area contributed by atoms with E-state index < -0.39 is 12.1 Å². The number of nitrogens with zero attached hydrogens (tertiary/aromatic N) is 1. The van der Waals surface area contributed by atoms with E-state index in [0.717, 1.165) is 4.90 Å². The van der Waals surface area contributed by atoms with Crippen molar-refractivity contribution in [3.8, 4) is 5.75 Å². The van der Waals surface area contributed by atoms with Crippen molar-refractivity contribution < 1.29 is 22.7 Å². The third kappa shape index (κ3) is 2.14. The molecular formula is C12H12F3NO2. The molecule has 0 aromatic heterocycles. The molecule has 0 bridgehead atoms. The fraction of sp³-hybridized carbons (Fsp3) is 0.417. The van der Waals surface area contributed by atoms with Gasteiger partial charge in [0.25, 0.3) is 0 Å². The quantitative estimate of drug-likeness (QED) is 0.775. The molecule has 0 N–H and O–H groups in total. The summed E-state index contributed by atoms with van der Waals surface area (Å²) in [6.45, 7) is 0.0612. The van der Waals surface area contributed by atoms with E-state index in [1.807, 2.05) is 0 Å². The minimum absolute atomic E-state index is 0.0612. The van der Waals surface area contributed by atoms with E-state index in [1.54, 1.807) is 18.2 Å². The number of ether oxygens (including phenoxy) is 1. The highest BCUT2D eigenvalue weighted by Gasteiger charge is 2.44. The molecule has 3 nitrogen and oxygen atoms in total. The molecule has 18 heavy (non-hydrogen) atoms. The molecule has 1 aliphatic heterocycles. The summed E-state index contributed by atoms with van der Waals surface area (Å²) in [7, 11) is 1.38. The normalized spacial score (nSPS) is 15.2. The van der Waals surface area contributed by atoms with Crippen molar-refractivity contribution in [2.24, 2.45) is 0 Å². The van der Waals surface area contributed by atoms with Crippen LogP contribution in [0.2, 0.25) is 0 Å².